The van der Waals surface area contributed by atoms with Crippen LogP contribution in [0, 0.1) is 0 Å². The Labute approximate surface area is 133 Å². The van der Waals surface area contributed by atoms with Crippen LogP contribution in [0.25, 0.3) is 10.8 Å². The van der Waals surface area contributed by atoms with Gasteiger partial charge < -0.3 is 14.4 Å². The normalized spacial score (nSPS) is 10.8. The van der Waals surface area contributed by atoms with Gasteiger partial charge in [-0.15, -0.1) is 11.3 Å². The average molecular weight is 314 g/mol. The molecule has 114 valence electrons. The number of hydrogen-bond donors (Lipinski definition) is 1. The van der Waals surface area contributed by atoms with Gasteiger partial charge in [-0.25, -0.2) is 4.98 Å². The van der Waals surface area contributed by atoms with Gasteiger partial charge in [-0.2, -0.15) is 0 Å². The molecule has 0 aliphatic rings. The number of hydrogen-bond acceptors (Lipinski definition) is 5. The number of anilines is 1. The van der Waals surface area contributed by atoms with Crippen LogP contribution in [0.5, 0.6) is 0 Å². The van der Waals surface area contributed by atoms with Gasteiger partial charge in [0.25, 0.3) is 0 Å². The highest BCUT2D eigenvalue weighted by atomic mass is 32.1. The maximum absolute atomic E-state index is 9.10. The zero-order chi connectivity index (χ0) is 15.2. The Morgan fingerprint density at radius 1 is 1.14 bits per heavy atom. The summed E-state index contributed by atoms with van der Waals surface area (Å²) in [6.07, 6.45) is 2.40. The predicted molar refractivity (Wildman–Crippen MR) is 89.0 cm³/mol. The number of rotatable bonds is 7. The Bertz CT molecular complexity index is 680. The van der Waals surface area contributed by atoms with Crippen molar-refractivity contribution in [1.82, 2.24) is 4.98 Å². The van der Waals surface area contributed by atoms with Gasteiger partial charge in [0.15, 0.2) is 10.8 Å². The van der Waals surface area contributed by atoms with E-state index < -0.39 is 0 Å². The summed E-state index contributed by atoms with van der Waals surface area (Å²) in [5.74, 6) is 0.804. The SMILES string of the molecule is OCCCN(Cc1csc(-c2ccco2)n1)c1ccccc1. The minimum atomic E-state index is 0.193. The first-order valence-electron chi connectivity index (χ1n) is 7.26. The first-order chi connectivity index (χ1) is 10.9. The van der Waals surface area contributed by atoms with Crippen LogP contribution in [0.3, 0.4) is 0 Å². The third kappa shape index (κ3) is 3.55. The molecular weight excluding hydrogens is 296 g/mol. The van der Waals surface area contributed by atoms with E-state index in [2.05, 4.69) is 27.4 Å². The third-order valence-corrected chi connectivity index (χ3v) is 4.25. The van der Waals surface area contributed by atoms with Crippen molar-refractivity contribution in [2.75, 3.05) is 18.1 Å². The maximum atomic E-state index is 9.10. The van der Waals surface area contributed by atoms with Crippen LogP contribution in [0.2, 0.25) is 0 Å². The zero-order valence-electron chi connectivity index (χ0n) is 12.2. The highest BCUT2D eigenvalue weighted by Crippen LogP contribution is 2.25. The van der Waals surface area contributed by atoms with Gasteiger partial charge >= 0.3 is 0 Å². The van der Waals surface area contributed by atoms with Crippen LogP contribution in [0.15, 0.2) is 58.5 Å². The number of aliphatic hydroxyl groups excluding tert-OH is 1. The van der Waals surface area contributed by atoms with Gasteiger partial charge in [-0.1, -0.05) is 18.2 Å². The van der Waals surface area contributed by atoms with Crippen molar-refractivity contribution in [2.24, 2.45) is 0 Å². The van der Waals surface area contributed by atoms with Crippen molar-refractivity contribution in [3.05, 3.63) is 59.8 Å². The Morgan fingerprint density at radius 2 is 2.00 bits per heavy atom. The van der Waals surface area contributed by atoms with E-state index in [0.29, 0.717) is 0 Å². The van der Waals surface area contributed by atoms with Crippen molar-refractivity contribution in [3.8, 4) is 10.8 Å². The minimum Gasteiger partial charge on any atom is -0.462 e. The topological polar surface area (TPSA) is 49.5 Å². The number of nitrogens with zero attached hydrogens (tertiary/aromatic N) is 2. The molecule has 0 amide bonds. The second kappa shape index (κ2) is 7.24. The summed E-state index contributed by atoms with van der Waals surface area (Å²) in [6, 6.07) is 14.0. The molecule has 3 aromatic rings. The van der Waals surface area contributed by atoms with Gasteiger partial charge in [-0.05, 0) is 30.7 Å². The van der Waals surface area contributed by atoms with E-state index >= 15 is 0 Å². The number of thiazole rings is 1. The molecule has 0 spiro atoms. The molecule has 0 bridgehead atoms. The zero-order valence-corrected chi connectivity index (χ0v) is 13.0. The van der Waals surface area contributed by atoms with E-state index in [4.69, 9.17) is 9.52 Å². The quantitative estimate of drug-likeness (QED) is 0.721. The molecule has 0 saturated carbocycles. The van der Waals surface area contributed by atoms with Crippen molar-refractivity contribution in [3.63, 3.8) is 0 Å². The summed E-state index contributed by atoms with van der Waals surface area (Å²) < 4.78 is 5.39. The Hall–Kier alpha value is -2.11. The van der Waals surface area contributed by atoms with Gasteiger partial charge in [-0.3, -0.25) is 0 Å². The molecule has 2 aromatic heterocycles. The van der Waals surface area contributed by atoms with E-state index in [1.165, 1.54) is 0 Å². The molecular formula is C17H18N2O2S. The number of aromatic nitrogens is 1. The lowest BCUT2D eigenvalue weighted by atomic mass is 10.2. The number of para-hydroxylation sites is 1. The molecule has 0 fully saturated rings. The van der Waals surface area contributed by atoms with Crippen molar-refractivity contribution < 1.29 is 9.52 Å². The molecule has 4 nitrogen and oxygen atoms in total. The van der Waals surface area contributed by atoms with E-state index in [0.717, 1.165) is 41.7 Å². The lowest BCUT2D eigenvalue weighted by Gasteiger charge is -2.23. The second-order valence-electron chi connectivity index (χ2n) is 4.96. The van der Waals surface area contributed by atoms with Crippen molar-refractivity contribution in [1.29, 1.82) is 0 Å². The van der Waals surface area contributed by atoms with E-state index in [9.17, 15) is 0 Å². The molecule has 0 atom stereocenters. The molecule has 0 aliphatic heterocycles. The van der Waals surface area contributed by atoms with Gasteiger partial charge in [0, 0.05) is 24.2 Å². The Kier molecular flexibility index (Phi) is 4.88. The number of furan rings is 1. The first kappa shape index (κ1) is 14.8. The van der Waals surface area contributed by atoms with Crippen LogP contribution in [-0.2, 0) is 6.54 Å². The van der Waals surface area contributed by atoms with E-state index in [1.807, 2.05) is 30.3 Å². The lowest BCUT2D eigenvalue weighted by Crippen LogP contribution is -2.24. The van der Waals surface area contributed by atoms with Crippen LogP contribution < -0.4 is 4.90 Å². The van der Waals surface area contributed by atoms with Crippen LogP contribution in [-0.4, -0.2) is 23.2 Å². The number of benzene rings is 1. The average Bonchev–Trinajstić information content (AvgIpc) is 3.23. The predicted octanol–water partition coefficient (Wildman–Crippen LogP) is 3.79. The van der Waals surface area contributed by atoms with E-state index in [-0.39, 0.29) is 6.61 Å². The summed E-state index contributed by atoms with van der Waals surface area (Å²) in [6.45, 7) is 1.72. The summed E-state index contributed by atoms with van der Waals surface area (Å²) in [5, 5.41) is 12.1. The van der Waals surface area contributed by atoms with Crippen LogP contribution >= 0.6 is 11.3 Å². The first-order valence-corrected chi connectivity index (χ1v) is 8.14. The molecule has 0 saturated heterocycles. The minimum absolute atomic E-state index is 0.193. The largest absolute Gasteiger partial charge is 0.462 e. The Morgan fingerprint density at radius 3 is 2.73 bits per heavy atom. The smallest absolute Gasteiger partial charge is 0.162 e. The summed E-state index contributed by atoms with van der Waals surface area (Å²) in [4.78, 5) is 6.88. The van der Waals surface area contributed by atoms with Gasteiger partial charge in [0.2, 0.25) is 0 Å². The van der Waals surface area contributed by atoms with Crippen molar-refractivity contribution in [2.45, 2.75) is 13.0 Å². The van der Waals surface area contributed by atoms with Gasteiger partial charge in [0.1, 0.15) is 0 Å². The summed E-state index contributed by atoms with van der Waals surface area (Å²) in [7, 11) is 0. The fourth-order valence-corrected chi connectivity index (χ4v) is 3.07. The fourth-order valence-electron chi connectivity index (χ4n) is 2.29. The highest BCUT2D eigenvalue weighted by molar-refractivity contribution is 7.13. The maximum Gasteiger partial charge on any atom is 0.162 e. The molecule has 5 heteroatoms. The lowest BCUT2D eigenvalue weighted by molar-refractivity contribution is 0.289. The molecule has 0 radical (unpaired) electrons. The molecule has 2 heterocycles. The summed E-state index contributed by atoms with van der Waals surface area (Å²) >= 11 is 1.59. The van der Waals surface area contributed by atoms with Gasteiger partial charge in [0.05, 0.1) is 18.5 Å². The molecule has 1 N–H and O–H groups in total. The molecule has 0 unspecified atom stereocenters. The highest BCUT2D eigenvalue weighted by Gasteiger charge is 2.11. The van der Waals surface area contributed by atoms with E-state index in [1.54, 1.807) is 17.6 Å². The third-order valence-electron chi connectivity index (χ3n) is 3.34. The van der Waals surface area contributed by atoms with Crippen molar-refractivity contribution >= 4 is 17.0 Å². The molecule has 0 aliphatic carbocycles. The standard InChI is InChI=1S/C17H18N2O2S/c20-10-5-9-19(15-6-2-1-3-7-15)12-14-13-22-17(18-14)16-8-4-11-21-16/h1-4,6-8,11,13,20H,5,9-10,12H2. The molecule has 1 aromatic carbocycles. The van der Waals surface area contributed by atoms with Crippen LogP contribution in [0.4, 0.5) is 5.69 Å². The second-order valence-corrected chi connectivity index (χ2v) is 5.81. The number of aliphatic hydroxyl groups is 1. The molecule has 22 heavy (non-hydrogen) atoms. The monoisotopic (exact) mass is 314 g/mol. The molecule has 3 rings (SSSR count). The Balaban J connectivity index is 1.76. The van der Waals surface area contributed by atoms with Crippen LogP contribution in [0.1, 0.15) is 12.1 Å². The summed E-state index contributed by atoms with van der Waals surface area (Å²) in [5.41, 5.74) is 2.15. The fraction of sp³-hybridized carbons (Fsp3) is 0.235.